The molecule has 1 fully saturated rings. The highest BCUT2D eigenvalue weighted by Gasteiger charge is 2.46. The topological polar surface area (TPSA) is 97.8 Å². The number of likely N-dealkylation sites (N-methyl/N-ethyl adjacent to an activating group) is 1. The number of carbonyl (C=O) groups is 2. The number of Topliss-reactive ketones (excluding diaryl/α,β-unsaturated/α-hetero) is 1. The van der Waals surface area contributed by atoms with Crippen LogP contribution in [0.5, 0.6) is 23.0 Å². The number of amides is 1. The van der Waals surface area contributed by atoms with E-state index in [1.165, 1.54) is 4.90 Å². The van der Waals surface area contributed by atoms with E-state index in [1.807, 2.05) is 6.07 Å². The number of hydrogen-bond donors (Lipinski definition) is 1. The Morgan fingerprint density at radius 1 is 1.03 bits per heavy atom. The van der Waals surface area contributed by atoms with Crippen LogP contribution in [0.25, 0.3) is 5.76 Å². The molecule has 1 unspecified atom stereocenters. The van der Waals surface area contributed by atoms with Gasteiger partial charge in [-0.15, -0.1) is 0 Å². The molecule has 2 aliphatic heterocycles. The number of nitrogens with zero attached hydrogens (tertiary/aromatic N) is 2. The standard InChI is InChI=1S/C30H38N2O7/c1-5-8-15-37-22-11-9-20(18-24(22)36-4)27-26(29(34)30(35)32(27)14-13-31(6-2)7-3)28(33)21-10-12-23-25(19-21)39-17-16-38-23/h9-12,18-19,27,33H,5-8,13-17H2,1-4H3. The van der Waals surface area contributed by atoms with Crippen LogP contribution in [-0.4, -0.2) is 79.7 Å². The molecular weight excluding hydrogens is 500 g/mol. The average molecular weight is 539 g/mol. The van der Waals surface area contributed by atoms with E-state index in [9.17, 15) is 14.7 Å². The lowest BCUT2D eigenvalue weighted by atomic mass is 9.94. The summed E-state index contributed by atoms with van der Waals surface area (Å²) in [5.74, 6) is 0.495. The first-order valence-electron chi connectivity index (χ1n) is 13.6. The molecule has 9 heteroatoms. The number of hydrogen-bond acceptors (Lipinski definition) is 8. The van der Waals surface area contributed by atoms with Gasteiger partial charge in [-0.05, 0) is 55.4 Å². The number of fused-ring (bicyclic) bond motifs is 1. The number of benzene rings is 2. The summed E-state index contributed by atoms with van der Waals surface area (Å²) in [5, 5.41) is 11.5. The summed E-state index contributed by atoms with van der Waals surface area (Å²) in [5.41, 5.74) is 1.04. The Kier molecular flexibility index (Phi) is 9.35. The third-order valence-electron chi connectivity index (χ3n) is 7.17. The zero-order valence-corrected chi connectivity index (χ0v) is 23.2. The quantitative estimate of drug-likeness (QED) is 0.184. The number of aliphatic hydroxyl groups excluding tert-OH is 1. The van der Waals surface area contributed by atoms with Gasteiger partial charge in [0.2, 0.25) is 0 Å². The van der Waals surface area contributed by atoms with Gasteiger partial charge in [0.1, 0.15) is 19.0 Å². The minimum atomic E-state index is -0.799. The number of likely N-dealkylation sites (tertiary alicyclic amines) is 1. The summed E-state index contributed by atoms with van der Waals surface area (Å²) in [6.07, 6.45) is 1.91. The highest BCUT2D eigenvalue weighted by atomic mass is 16.6. The molecular formula is C30H38N2O7. The van der Waals surface area contributed by atoms with Crippen LogP contribution in [0.1, 0.15) is 50.8 Å². The third-order valence-corrected chi connectivity index (χ3v) is 7.17. The highest BCUT2D eigenvalue weighted by Crippen LogP contribution is 2.43. The second kappa shape index (κ2) is 12.9. The van der Waals surface area contributed by atoms with Crippen LogP contribution in [0.4, 0.5) is 0 Å². The Morgan fingerprint density at radius 3 is 2.46 bits per heavy atom. The maximum absolute atomic E-state index is 13.4. The van der Waals surface area contributed by atoms with Crippen molar-refractivity contribution in [3.63, 3.8) is 0 Å². The molecule has 4 rings (SSSR count). The van der Waals surface area contributed by atoms with Crippen LogP contribution in [0, 0.1) is 0 Å². The molecule has 0 bridgehead atoms. The molecule has 1 saturated heterocycles. The van der Waals surface area contributed by atoms with Crippen molar-refractivity contribution in [2.24, 2.45) is 0 Å². The Morgan fingerprint density at radius 2 is 1.77 bits per heavy atom. The molecule has 9 nitrogen and oxygen atoms in total. The number of unbranched alkanes of at least 4 members (excludes halogenated alkanes) is 1. The van der Waals surface area contributed by atoms with Crippen molar-refractivity contribution in [3.05, 3.63) is 53.1 Å². The number of methoxy groups -OCH3 is 1. The van der Waals surface area contributed by atoms with Crippen molar-refractivity contribution in [3.8, 4) is 23.0 Å². The number of ether oxygens (including phenoxy) is 4. The predicted molar refractivity (Wildman–Crippen MR) is 148 cm³/mol. The van der Waals surface area contributed by atoms with Crippen molar-refractivity contribution >= 4 is 17.4 Å². The largest absolute Gasteiger partial charge is 0.507 e. The molecule has 1 amide bonds. The first kappa shape index (κ1) is 28.3. The van der Waals surface area contributed by atoms with Gasteiger partial charge in [0.15, 0.2) is 23.0 Å². The van der Waals surface area contributed by atoms with Crippen molar-refractivity contribution in [1.82, 2.24) is 9.80 Å². The van der Waals surface area contributed by atoms with Crippen molar-refractivity contribution in [2.45, 2.75) is 39.7 Å². The minimum Gasteiger partial charge on any atom is -0.507 e. The molecule has 0 radical (unpaired) electrons. The lowest BCUT2D eigenvalue weighted by molar-refractivity contribution is -0.140. The number of ketones is 1. The van der Waals surface area contributed by atoms with E-state index < -0.39 is 17.7 Å². The Balaban J connectivity index is 1.78. The fourth-order valence-corrected chi connectivity index (χ4v) is 4.89. The molecule has 39 heavy (non-hydrogen) atoms. The number of aliphatic hydroxyl groups is 1. The van der Waals surface area contributed by atoms with Crippen LogP contribution in [0.15, 0.2) is 42.0 Å². The van der Waals surface area contributed by atoms with Gasteiger partial charge >= 0.3 is 0 Å². The monoisotopic (exact) mass is 538 g/mol. The van der Waals surface area contributed by atoms with E-state index in [1.54, 1.807) is 37.4 Å². The summed E-state index contributed by atoms with van der Waals surface area (Å²) >= 11 is 0. The van der Waals surface area contributed by atoms with Crippen LogP contribution in [0.2, 0.25) is 0 Å². The van der Waals surface area contributed by atoms with Gasteiger partial charge in [-0.2, -0.15) is 0 Å². The van der Waals surface area contributed by atoms with E-state index in [4.69, 9.17) is 18.9 Å². The molecule has 0 saturated carbocycles. The van der Waals surface area contributed by atoms with Gasteiger partial charge in [0.25, 0.3) is 11.7 Å². The Bertz CT molecular complexity index is 1220. The van der Waals surface area contributed by atoms with E-state index in [0.29, 0.717) is 67.0 Å². The summed E-state index contributed by atoms with van der Waals surface area (Å²) in [6, 6.07) is 9.58. The summed E-state index contributed by atoms with van der Waals surface area (Å²) in [6.45, 7) is 10.1. The van der Waals surface area contributed by atoms with E-state index >= 15 is 0 Å². The molecule has 0 aliphatic carbocycles. The van der Waals surface area contributed by atoms with Crippen molar-refractivity contribution < 1.29 is 33.6 Å². The van der Waals surface area contributed by atoms with Crippen LogP contribution >= 0.6 is 0 Å². The second-order valence-electron chi connectivity index (χ2n) is 9.49. The van der Waals surface area contributed by atoms with E-state index in [0.717, 1.165) is 25.9 Å². The van der Waals surface area contributed by atoms with Crippen LogP contribution in [-0.2, 0) is 9.59 Å². The molecule has 210 valence electrons. The molecule has 0 aromatic heterocycles. The van der Waals surface area contributed by atoms with E-state index in [-0.39, 0.29) is 11.3 Å². The van der Waals surface area contributed by atoms with Crippen molar-refractivity contribution in [1.29, 1.82) is 0 Å². The Hall–Kier alpha value is -3.72. The second-order valence-corrected chi connectivity index (χ2v) is 9.49. The molecule has 2 aromatic rings. The molecule has 1 atom stereocenters. The maximum atomic E-state index is 13.4. The fourth-order valence-electron chi connectivity index (χ4n) is 4.89. The van der Waals surface area contributed by atoms with Gasteiger partial charge in [-0.25, -0.2) is 0 Å². The van der Waals surface area contributed by atoms with Crippen LogP contribution in [0.3, 0.4) is 0 Å². The lowest BCUT2D eigenvalue weighted by Gasteiger charge is -2.28. The van der Waals surface area contributed by atoms with Gasteiger partial charge in [-0.1, -0.05) is 33.3 Å². The van der Waals surface area contributed by atoms with Crippen LogP contribution < -0.4 is 18.9 Å². The molecule has 2 heterocycles. The normalized spacial score (nSPS) is 18.1. The zero-order valence-electron chi connectivity index (χ0n) is 23.2. The fraction of sp³-hybridized carbons (Fsp3) is 0.467. The smallest absolute Gasteiger partial charge is 0.295 e. The highest BCUT2D eigenvalue weighted by molar-refractivity contribution is 6.46. The molecule has 2 aromatic carbocycles. The van der Waals surface area contributed by atoms with Gasteiger partial charge < -0.3 is 33.9 Å². The SMILES string of the molecule is CCCCOc1ccc(C2C(=C(O)c3ccc4c(c3)OCCO4)C(=O)C(=O)N2CCN(CC)CC)cc1OC. The summed E-state index contributed by atoms with van der Waals surface area (Å²) in [4.78, 5) is 30.5. The predicted octanol–water partition coefficient (Wildman–Crippen LogP) is 4.41. The minimum absolute atomic E-state index is 0.0259. The number of carbonyl (C=O) groups excluding carboxylic acids is 2. The summed E-state index contributed by atoms with van der Waals surface area (Å²) in [7, 11) is 1.55. The third kappa shape index (κ3) is 5.98. The van der Waals surface area contributed by atoms with Gasteiger partial charge in [0, 0.05) is 18.7 Å². The van der Waals surface area contributed by atoms with E-state index in [2.05, 4.69) is 25.7 Å². The molecule has 2 aliphatic rings. The van der Waals surface area contributed by atoms with Gasteiger partial charge in [-0.3, -0.25) is 9.59 Å². The molecule has 1 N–H and O–H groups in total. The molecule has 0 spiro atoms. The Labute approximate surface area is 229 Å². The zero-order chi connectivity index (χ0) is 27.9. The number of rotatable bonds is 12. The first-order chi connectivity index (χ1) is 18.9. The first-order valence-corrected chi connectivity index (χ1v) is 13.6. The lowest BCUT2D eigenvalue weighted by Crippen LogP contribution is -2.38. The van der Waals surface area contributed by atoms with Gasteiger partial charge in [0.05, 0.1) is 25.3 Å². The van der Waals surface area contributed by atoms with Crippen molar-refractivity contribution in [2.75, 3.05) is 53.1 Å². The average Bonchev–Trinajstić information content (AvgIpc) is 3.22. The summed E-state index contributed by atoms with van der Waals surface area (Å²) < 4.78 is 22.8. The maximum Gasteiger partial charge on any atom is 0.295 e.